The van der Waals surface area contributed by atoms with E-state index < -0.39 is 28.5 Å². The van der Waals surface area contributed by atoms with Gasteiger partial charge in [-0.3, -0.25) is 13.9 Å². The van der Waals surface area contributed by atoms with Crippen molar-refractivity contribution in [1.82, 2.24) is 10.2 Å². The minimum Gasteiger partial charge on any atom is -0.355 e. The summed E-state index contributed by atoms with van der Waals surface area (Å²) in [7, 11) is -3.92. The van der Waals surface area contributed by atoms with Crippen molar-refractivity contribution in [2.45, 2.75) is 25.9 Å². The van der Waals surface area contributed by atoms with Crippen molar-refractivity contribution in [3.05, 3.63) is 99.0 Å². The molecule has 0 fully saturated rings. The number of benzene rings is 3. The van der Waals surface area contributed by atoms with E-state index in [0.717, 1.165) is 21.7 Å². The number of amides is 2. The molecular weight excluding hydrogens is 569 g/mol. The maximum absolute atomic E-state index is 13.9. The highest BCUT2D eigenvalue weighted by atomic mass is 35.5. The number of sulfonamides is 1. The van der Waals surface area contributed by atoms with E-state index >= 15 is 0 Å². The molecular formula is C27H28Cl3N3O4S. The first-order valence-corrected chi connectivity index (χ1v) is 14.8. The average molecular weight is 597 g/mol. The van der Waals surface area contributed by atoms with Gasteiger partial charge in [-0.15, -0.1) is 0 Å². The molecule has 1 atom stereocenters. The summed E-state index contributed by atoms with van der Waals surface area (Å²) in [6.45, 7) is 1.65. The summed E-state index contributed by atoms with van der Waals surface area (Å²) in [5.74, 6) is -0.927. The first-order chi connectivity index (χ1) is 18.0. The van der Waals surface area contributed by atoms with Crippen molar-refractivity contribution in [2.24, 2.45) is 0 Å². The molecule has 11 heteroatoms. The van der Waals surface area contributed by atoms with Crippen LogP contribution in [0.3, 0.4) is 0 Å². The minimum absolute atomic E-state index is 0.0541. The van der Waals surface area contributed by atoms with E-state index in [2.05, 4.69) is 5.32 Å². The van der Waals surface area contributed by atoms with Gasteiger partial charge in [0.1, 0.15) is 12.6 Å². The zero-order valence-electron chi connectivity index (χ0n) is 20.9. The number of hydrogen-bond donors (Lipinski definition) is 1. The summed E-state index contributed by atoms with van der Waals surface area (Å²) in [5, 5.41) is 3.77. The van der Waals surface area contributed by atoms with Gasteiger partial charge in [-0.2, -0.15) is 0 Å². The van der Waals surface area contributed by atoms with E-state index in [9.17, 15) is 18.0 Å². The molecule has 0 radical (unpaired) electrons. The quantitative estimate of drug-likeness (QED) is 0.330. The Balaban J connectivity index is 2.05. The van der Waals surface area contributed by atoms with Crippen LogP contribution in [0.5, 0.6) is 0 Å². The van der Waals surface area contributed by atoms with Gasteiger partial charge in [0.05, 0.1) is 11.9 Å². The Morgan fingerprint density at radius 1 is 0.868 bits per heavy atom. The van der Waals surface area contributed by atoms with Crippen LogP contribution < -0.4 is 9.62 Å². The molecule has 3 aromatic carbocycles. The number of anilines is 1. The Bertz CT molecular complexity index is 1350. The molecule has 3 rings (SSSR count). The van der Waals surface area contributed by atoms with Crippen LogP contribution in [0.25, 0.3) is 0 Å². The minimum atomic E-state index is -3.92. The van der Waals surface area contributed by atoms with E-state index in [4.69, 9.17) is 34.8 Å². The molecule has 0 aliphatic heterocycles. The number of carbonyl (C=O) groups excluding carboxylic acids is 2. The van der Waals surface area contributed by atoms with Gasteiger partial charge >= 0.3 is 0 Å². The van der Waals surface area contributed by atoms with Gasteiger partial charge in [-0.25, -0.2) is 8.42 Å². The molecule has 2 amide bonds. The van der Waals surface area contributed by atoms with Crippen molar-refractivity contribution in [2.75, 3.05) is 23.7 Å². The van der Waals surface area contributed by atoms with Crippen LogP contribution in [-0.4, -0.2) is 50.5 Å². The number of likely N-dealkylation sites (N-methyl/N-ethyl adjacent to an activating group) is 1. The van der Waals surface area contributed by atoms with E-state index in [0.29, 0.717) is 11.6 Å². The molecule has 0 bridgehead atoms. The summed E-state index contributed by atoms with van der Waals surface area (Å²) in [5.41, 5.74) is 1.71. The normalized spacial score (nSPS) is 12.0. The van der Waals surface area contributed by atoms with E-state index in [-0.39, 0.29) is 34.6 Å². The van der Waals surface area contributed by atoms with Gasteiger partial charge in [0, 0.05) is 34.6 Å². The Morgan fingerprint density at radius 2 is 1.47 bits per heavy atom. The first-order valence-electron chi connectivity index (χ1n) is 11.8. The third-order valence-corrected chi connectivity index (χ3v) is 7.53. The lowest BCUT2D eigenvalue weighted by atomic mass is 10.0. The first kappa shape index (κ1) is 29.8. The van der Waals surface area contributed by atoms with E-state index in [1.165, 1.54) is 23.1 Å². The number of nitrogens with one attached hydrogen (secondary N) is 1. The second kappa shape index (κ2) is 13.3. The fraction of sp³-hybridized carbons (Fsp3) is 0.259. The van der Waals surface area contributed by atoms with Gasteiger partial charge in [-0.1, -0.05) is 77.3 Å². The molecule has 7 nitrogen and oxygen atoms in total. The molecule has 0 unspecified atom stereocenters. The van der Waals surface area contributed by atoms with Crippen molar-refractivity contribution >= 4 is 62.3 Å². The smallest absolute Gasteiger partial charge is 0.244 e. The van der Waals surface area contributed by atoms with Crippen LogP contribution in [0, 0.1) is 0 Å². The molecule has 3 aromatic rings. The molecule has 1 N–H and O–H groups in total. The Morgan fingerprint density at radius 3 is 2.03 bits per heavy atom. The summed E-state index contributed by atoms with van der Waals surface area (Å²) in [4.78, 5) is 28.6. The van der Waals surface area contributed by atoms with Crippen molar-refractivity contribution < 1.29 is 18.0 Å². The van der Waals surface area contributed by atoms with Crippen LogP contribution in [0.1, 0.15) is 18.1 Å². The largest absolute Gasteiger partial charge is 0.355 e. The standard InChI is InChI=1S/C27H28Cl3N3O4S/c1-3-31-27(35)25(13-19-7-5-4-6-8-19)32(17-20-9-11-21(28)12-10-20)26(34)18-33(38(2,36)37)24-15-22(29)14-23(30)16-24/h4-12,14-16,25H,3,13,17-18H2,1-2H3,(H,31,35)/t25-/m1/s1. The summed E-state index contributed by atoms with van der Waals surface area (Å²) >= 11 is 18.3. The van der Waals surface area contributed by atoms with Gasteiger partial charge in [0.2, 0.25) is 21.8 Å². The van der Waals surface area contributed by atoms with Gasteiger partial charge in [0.15, 0.2) is 0 Å². The Labute approximate surface area is 238 Å². The Hall–Kier alpha value is -2.78. The second-order valence-corrected chi connectivity index (χ2v) is 11.9. The number of rotatable bonds is 11. The zero-order valence-corrected chi connectivity index (χ0v) is 24.0. The number of hydrogen-bond acceptors (Lipinski definition) is 4. The van der Waals surface area contributed by atoms with Crippen LogP contribution in [-0.2, 0) is 32.6 Å². The topological polar surface area (TPSA) is 86.8 Å². The molecule has 0 heterocycles. The third kappa shape index (κ3) is 8.36. The highest BCUT2D eigenvalue weighted by Gasteiger charge is 2.33. The van der Waals surface area contributed by atoms with Crippen molar-refractivity contribution in [1.29, 1.82) is 0 Å². The predicted molar refractivity (Wildman–Crippen MR) is 153 cm³/mol. The van der Waals surface area contributed by atoms with Crippen LogP contribution in [0.2, 0.25) is 15.1 Å². The van der Waals surface area contributed by atoms with Gasteiger partial charge < -0.3 is 10.2 Å². The fourth-order valence-corrected chi connectivity index (χ4v) is 5.40. The summed E-state index contributed by atoms with van der Waals surface area (Å²) in [6, 6.07) is 19.6. The highest BCUT2D eigenvalue weighted by molar-refractivity contribution is 7.92. The molecule has 0 aromatic heterocycles. The average Bonchev–Trinajstić information content (AvgIpc) is 2.85. The van der Waals surface area contributed by atoms with Crippen LogP contribution in [0.4, 0.5) is 5.69 Å². The fourth-order valence-electron chi connectivity index (χ4n) is 3.93. The monoisotopic (exact) mass is 595 g/mol. The van der Waals surface area contributed by atoms with Crippen molar-refractivity contribution in [3.63, 3.8) is 0 Å². The zero-order chi connectivity index (χ0) is 27.9. The number of halogens is 3. The SMILES string of the molecule is CCNC(=O)[C@@H](Cc1ccccc1)N(Cc1ccc(Cl)cc1)C(=O)CN(c1cc(Cl)cc(Cl)c1)S(C)(=O)=O. The predicted octanol–water partition coefficient (Wildman–Crippen LogP) is 5.19. The lowest BCUT2D eigenvalue weighted by Crippen LogP contribution is -2.53. The number of nitrogens with zero attached hydrogens (tertiary/aromatic N) is 2. The van der Waals surface area contributed by atoms with Crippen LogP contribution >= 0.6 is 34.8 Å². The molecule has 0 aliphatic carbocycles. The third-order valence-electron chi connectivity index (χ3n) is 5.70. The molecule has 0 saturated heterocycles. The summed E-state index contributed by atoms with van der Waals surface area (Å²) in [6.07, 6.45) is 1.22. The van der Waals surface area contributed by atoms with Gasteiger partial charge in [-0.05, 0) is 48.4 Å². The maximum Gasteiger partial charge on any atom is 0.244 e. The summed E-state index contributed by atoms with van der Waals surface area (Å²) < 4.78 is 26.5. The highest BCUT2D eigenvalue weighted by Crippen LogP contribution is 2.27. The van der Waals surface area contributed by atoms with Crippen LogP contribution in [0.15, 0.2) is 72.8 Å². The molecule has 0 saturated carbocycles. The number of carbonyl (C=O) groups is 2. The van der Waals surface area contributed by atoms with E-state index in [1.54, 1.807) is 31.2 Å². The molecule has 202 valence electrons. The van der Waals surface area contributed by atoms with Gasteiger partial charge in [0.25, 0.3) is 0 Å². The lowest BCUT2D eigenvalue weighted by molar-refractivity contribution is -0.140. The Kier molecular flexibility index (Phi) is 10.4. The molecule has 0 spiro atoms. The lowest BCUT2D eigenvalue weighted by Gasteiger charge is -2.33. The van der Waals surface area contributed by atoms with E-state index in [1.807, 2.05) is 30.3 Å². The maximum atomic E-state index is 13.9. The molecule has 38 heavy (non-hydrogen) atoms. The second-order valence-electron chi connectivity index (χ2n) is 8.65. The van der Waals surface area contributed by atoms with Crippen molar-refractivity contribution in [3.8, 4) is 0 Å². The molecule has 0 aliphatic rings.